The van der Waals surface area contributed by atoms with Gasteiger partial charge in [-0.1, -0.05) is 41.1 Å². The molecule has 214 valence electrons. The minimum Gasteiger partial charge on any atom is -0.481 e. The Labute approximate surface area is 238 Å². The molecular formula is C29H31BrF3N3O4. The number of carboxylic acids is 1. The molecule has 0 bridgehead atoms. The lowest BCUT2D eigenvalue weighted by Crippen LogP contribution is -2.36. The van der Waals surface area contributed by atoms with Crippen LogP contribution in [0.25, 0.3) is 10.9 Å². The van der Waals surface area contributed by atoms with E-state index in [1.807, 2.05) is 25.1 Å². The van der Waals surface area contributed by atoms with Crippen LogP contribution < -0.4 is 15.0 Å². The topological polar surface area (TPSA) is 91.8 Å². The molecule has 2 aromatic carbocycles. The molecule has 1 aliphatic rings. The van der Waals surface area contributed by atoms with Gasteiger partial charge in [0.15, 0.2) is 0 Å². The zero-order valence-corrected chi connectivity index (χ0v) is 23.8. The smallest absolute Gasteiger partial charge is 0.481 e. The van der Waals surface area contributed by atoms with Gasteiger partial charge in [0.25, 0.3) is 5.91 Å². The van der Waals surface area contributed by atoms with E-state index in [9.17, 15) is 27.9 Å². The van der Waals surface area contributed by atoms with Gasteiger partial charge < -0.3 is 20.1 Å². The molecule has 40 heavy (non-hydrogen) atoms. The van der Waals surface area contributed by atoms with E-state index < -0.39 is 29.9 Å². The normalized spacial score (nSPS) is 16.6. The number of carboxylic acid groups (broad SMARTS) is 1. The molecule has 0 radical (unpaired) electrons. The number of nitrogens with zero attached hydrogens (tertiary/aromatic N) is 2. The number of carbonyl (C=O) groups is 2. The van der Waals surface area contributed by atoms with Crippen molar-refractivity contribution in [1.29, 1.82) is 0 Å². The third-order valence-corrected chi connectivity index (χ3v) is 7.64. The van der Waals surface area contributed by atoms with Gasteiger partial charge in [-0.3, -0.25) is 9.59 Å². The van der Waals surface area contributed by atoms with Gasteiger partial charge in [0, 0.05) is 47.4 Å². The molecule has 1 aromatic heterocycles. The van der Waals surface area contributed by atoms with Crippen LogP contribution in [0, 0.1) is 12.8 Å². The van der Waals surface area contributed by atoms with Crippen molar-refractivity contribution in [3.8, 4) is 5.75 Å². The van der Waals surface area contributed by atoms with Crippen molar-refractivity contribution in [1.82, 2.24) is 10.3 Å². The number of nitrogens with one attached hydrogen (secondary N) is 1. The predicted octanol–water partition coefficient (Wildman–Crippen LogP) is 6.82. The van der Waals surface area contributed by atoms with E-state index in [4.69, 9.17) is 4.98 Å². The van der Waals surface area contributed by atoms with Crippen LogP contribution >= 0.6 is 15.9 Å². The molecule has 0 spiro atoms. The lowest BCUT2D eigenvalue weighted by molar-refractivity contribution is -0.275. The van der Waals surface area contributed by atoms with E-state index >= 15 is 0 Å². The Hall–Kier alpha value is -3.34. The highest BCUT2D eigenvalue weighted by Gasteiger charge is 2.33. The number of pyridine rings is 1. The molecule has 2 atom stereocenters. The van der Waals surface area contributed by atoms with Crippen molar-refractivity contribution in [2.45, 2.75) is 51.8 Å². The molecule has 2 N–H and O–H groups in total. The Morgan fingerprint density at radius 1 is 1.25 bits per heavy atom. The minimum absolute atomic E-state index is 0.00633. The third kappa shape index (κ3) is 7.24. The fourth-order valence-electron chi connectivity index (χ4n) is 5.30. The number of rotatable bonds is 9. The number of amides is 1. The summed E-state index contributed by atoms with van der Waals surface area (Å²) in [5.74, 6) is -1.44. The Morgan fingerprint density at radius 2 is 2.00 bits per heavy atom. The first-order valence-electron chi connectivity index (χ1n) is 13.1. The van der Waals surface area contributed by atoms with Crippen LogP contribution in [0.2, 0.25) is 0 Å². The average molecular weight is 622 g/mol. The number of aromatic nitrogens is 1. The molecule has 1 fully saturated rings. The summed E-state index contributed by atoms with van der Waals surface area (Å²) in [6.45, 7) is 5.60. The molecule has 1 amide bonds. The fraction of sp³-hybridized carbons (Fsp3) is 0.414. The maximum Gasteiger partial charge on any atom is 0.573 e. The highest BCUT2D eigenvalue weighted by molar-refractivity contribution is 9.10. The van der Waals surface area contributed by atoms with Crippen molar-refractivity contribution in [3.63, 3.8) is 0 Å². The standard InChI is InChI=1S/C29H31BrF3N3O4/c1-17-6-5-13-36(16-17)27-18(2)26(22-14-20(30)10-11-23(22)35-27)28(39)34-15-19(9-12-25(37)38)21-7-3-4-8-24(21)40-29(31,32)33/h3-4,7-8,10-11,14,17,19H,5-6,9,12-13,15-16H2,1-2H3,(H,34,39)(H,37,38)/t17-,19-/m0/s1. The largest absolute Gasteiger partial charge is 0.573 e. The molecule has 3 aromatic rings. The molecule has 0 saturated carbocycles. The zero-order chi connectivity index (χ0) is 29.0. The quantitative estimate of drug-likeness (QED) is 0.272. The minimum atomic E-state index is -4.92. The SMILES string of the molecule is Cc1c(N2CCC[C@H](C)C2)nc2ccc(Br)cc2c1C(=O)NC[C@H](CCC(=O)O)c1ccccc1OC(F)(F)F. The molecule has 4 rings (SSSR count). The number of hydrogen-bond acceptors (Lipinski definition) is 5. The van der Waals surface area contributed by atoms with Gasteiger partial charge in [0.05, 0.1) is 11.1 Å². The van der Waals surface area contributed by atoms with Gasteiger partial charge in [-0.2, -0.15) is 0 Å². The molecule has 1 aliphatic heterocycles. The first-order chi connectivity index (χ1) is 18.9. The van der Waals surface area contributed by atoms with E-state index in [0.717, 1.165) is 36.2 Å². The number of piperidine rings is 1. The monoisotopic (exact) mass is 621 g/mol. The van der Waals surface area contributed by atoms with Crippen LogP contribution in [0.1, 0.15) is 60.0 Å². The molecule has 1 saturated heterocycles. The predicted molar refractivity (Wildman–Crippen MR) is 150 cm³/mol. The number of alkyl halides is 3. The number of anilines is 1. The number of para-hydroxylation sites is 1. The fourth-order valence-corrected chi connectivity index (χ4v) is 5.67. The summed E-state index contributed by atoms with van der Waals surface area (Å²) in [5, 5.41) is 12.8. The number of ether oxygens (including phenoxy) is 1. The molecule has 0 aliphatic carbocycles. The Kier molecular flexibility index (Phi) is 9.22. The van der Waals surface area contributed by atoms with Crippen molar-refractivity contribution in [2.24, 2.45) is 5.92 Å². The number of fused-ring (bicyclic) bond motifs is 1. The Bertz CT molecular complexity index is 1400. The number of hydrogen-bond donors (Lipinski definition) is 2. The first-order valence-corrected chi connectivity index (χ1v) is 13.9. The van der Waals surface area contributed by atoms with Gasteiger partial charge in [-0.15, -0.1) is 13.2 Å². The zero-order valence-electron chi connectivity index (χ0n) is 22.2. The van der Waals surface area contributed by atoms with Crippen LogP contribution in [0.4, 0.5) is 19.0 Å². The van der Waals surface area contributed by atoms with E-state index in [2.05, 4.69) is 37.8 Å². The molecule has 11 heteroatoms. The highest BCUT2D eigenvalue weighted by atomic mass is 79.9. The van der Waals surface area contributed by atoms with Gasteiger partial charge in [-0.25, -0.2) is 4.98 Å². The summed E-state index contributed by atoms with van der Waals surface area (Å²) >= 11 is 3.47. The Balaban J connectivity index is 1.68. The lowest BCUT2D eigenvalue weighted by Gasteiger charge is -2.33. The molecule has 0 unspecified atom stereocenters. The van der Waals surface area contributed by atoms with Gasteiger partial charge >= 0.3 is 12.3 Å². The number of benzene rings is 2. The first kappa shape index (κ1) is 29.6. The van der Waals surface area contributed by atoms with Crippen molar-refractivity contribution in [3.05, 3.63) is 63.6 Å². The maximum atomic E-state index is 13.8. The van der Waals surface area contributed by atoms with E-state index in [-0.39, 0.29) is 24.9 Å². The second-order valence-electron chi connectivity index (χ2n) is 10.2. The van der Waals surface area contributed by atoms with Crippen molar-refractivity contribution < 1.29 is 32.6 Å². The number of aliphatic carboxylic acids is 1. The van der Waals surface area contributed by atoms with Crippen molar-refractivity contribution >= 4 is 44.5 Å². The summed E-state index contributed by atoms with van der Waals surface area (Å²) in [6, 6.07) is 11.1. The number of carbonyl (C=O) groups excluding carboxylic acids is 1. The second-order valence-corrected chi connectivity index (χ2v) is 11.1. The third-order valence-electron chi connectivity index (χ3n) is 7.15. The molecule has 7 nitrogen and oxygen atoms in total. The Morgan fingerprint density at radius 3 is 2.70 bits per heavy atom. The van der Waals surface area contributed by atoms with Crippen molar-refractivity contribution in [2.75, 3.05) is 24.5 Å². The van der Waals surface area contributed by atoms with E-state index in [1.165, 1.54) is 18.2 Å². The average Bonchev–Trinajstić information content (AvgIpc) is 2.88. The molecular weight excluding hydrogens is 591 g/mol. The second kappa shape index (κ2) is 12.4. The van der Waals surface area contributed by atoms with Crippen LogP contribution in [0.15, 0.2) is 46.9 Å². The van der Waals surface area contributed by atoms with Crippen LogP contribution in [-0.2, 0) is 4.79 Å². The van der Waals surface area contributed by atoms with Crippen LogP contribution in [-0.4, -0.2) is 48.0 Å². The summed E-state index contributed by atoms with van der Waals surface area (Å²) in [5.41, 5.74) is 1.96. The van der Waals surface area contributed by atoms with Gasteiger partial charge in [-0.05, 0) is 61.9 Å². The highest BCUT2D eigenvalue weighted by Crippen LogP contribution is 2.35. The van der Waals surface area contributed by atoms with Crippen LogP contribution in [0.3, 0.4) is 0 Å². The summed E-state index contributed by atoms with van der Waals surface area (Å²) in [4.78, 5) is 32.2. The van der Waals surface area contributed by atoms with Crippen LogP contribution in [0.5, 0.6) is 5.75 Å². The van der Waals surface area contributed by atoms with E-state index in [1.54, 1.807) is 6.07 Å². The summed E-state index contributed by atoms with van der Waals surface area (Å²) < 4.78 is 44.2. The van der Waals surface area contributed by atoms with Gasteiger partial charge in [0.2, 0.25) is 0 Å². The summed E-state index contributed by atoms with van der Waals surface area (Å²) in [7, 11) is 0. The number of halogens is 4. The van der Waals surface area contributed by atoms with Gasteiger partial charge in [0.1, 0.15) is 11.6 Å². The molecule has 2 heterocycles. The lowest BCUT2D eigenvalue weighted by atomic mass is 9.92. The maximum absolute atomic E-state index is 13.8. The summed E-state index contributed by atoms with van der Waals surface area (Å²) in [6.07, 6.45) is -3.05. The van der Waals surface area contributed by atoms with E-state index in [0.29, 0.717) is 27.9 Å².